The third-order valence-corrected chi connectivity index (χ3v) is 3.07. The molecule has 0 atom stereocenters. The molecule has 0 bridgehead atoms. The zero-order valence-corrected chi connectivity index (χ0v) is 9.48. The average Bonchev–Trinajstić information content (AvgIpc) is 2.76. The number of thiazole rings is 1. The van der Waals surface area contributed by atoms with Crippen LogP contribution in [0.2, 0.25) is 0 Å². The molecule has 1 aromatic heterocycles. The summed E-state index contributed by atoms with van der Waals surface area (Å²) in [5.74, 6) is -1.38. The van der Waals surface area contributed by atoms with Crippen molar-refractivity contribution in [2.24, 2.45) is 0 Å². The van der Waals surface area contributed by atoms with Gasteiger partial charge in [-0.3, -0.25) is 4.79 Å². The highest BCUT2D eigenvalue weighted by molar-refractivity contribution is 7.13. The molecule has 0 amide bonds. The fourth-order valence-corrected chi connectivity index (χ4v) is 2.16. The van der Waals surface area contributed by atoms with Gasteiger partial charge < -0.3 is 0 Å². The summed E-state index contributed by atoms with van der Waals surface area (Å²) in [5.41, 5.74) is -1.54. The first-order valence-corrected chi connectivity index (χ1v) is 5.58. The van der Waals surface area contributed by atoms with Crippen molar-refractivity contribution in [2.75, 3.05) is 0 Å². The number of hydrogen-bond donors (Lipinski definition) is 0. The molecule has 0 spiro atoms. The predicted octanol–water partition coefficient (Wildman–Crippen LogP) is 3.78. The summed E-state index contributed by atoms with van der Waals surface area (Å²) in [4.78, 5) is 14.2. The van der Waals surface area contributed by atoms with Crippen molar-refractivity contribution in [1.82, 2.24) is 4.98 Å². The van der Waals surface area contributed by atoms with Gasteiger partial charge in [0.15, 0.2) is 6.29 Å². The maximum atomic E-state index is 13.7. The van der Waals surface area contributed by atoms with Gasteiger partial charge >= 0.3 is 6.18 Å². The molecule has 0 N–H and O–H groups in total. The summed E-state index contributed by atoms with van der Waals surface area (Å²) in [7, 11) is 0. The van der Waals surface area contributed by atoms with Crippen LogP contribution in [0.4, 0.5) is 17.6 Å². The summed E-state index contributed by atoms with van der Waals surface area (Å²) >= 11 is 0.911. The van der Waals surface area contributed by atoms with Gasteiger partial charge in [-0.2, -0.15) is 13.2 Å². The largest absolute Gasteiger partial charge is 0.419 e. The molecule has 1 heterocycles. The molecule has 1 aromatic carbocycles. The number of hydrogen-bond acceptors (Lipinski definition) is 3. The third-order valence-electron chi connectivity index (χ3n) is 2.18. The number of rotatable bonds is 2. The standard InChI is InChI=1S/C11H5F4NOS/c12-9-7(10-16-6(4-17)5-18-10)2-1-3-8(9)11(13,14)15/h1-5H. The van der Waals surface area contributed by atoms with Crippen molar-refractivity contribution < 1.29 is 22.4 Å². The van der Waals surface area contributed by atoms with E-state index < -0.39 is 17.6 Å². The zero-order chi connectivity index (χ0) is 13.3. The molecule has 7 heteroatoms. The van der Waals surface area contributed by atoms with Gasteiger partial charge in [0.25, 0.3) is 0 Å². The van der Waals surface area contributed by atoms with Crippen LogP contribution in [0.25, 0.3) is 10.6 Å². The molecular weight excluding hydrogens is 270 g/mol. The average molecular weight is 275 g/mol. The maximum absolute atomic E-state index is 13.7. The number of nitrogens with zero attached hydrogens (tertiary/aromatic N) is 1. The predicted molar refractivity (Wildman–Crippen MR) is 57.9 cm³/mol. The second-order valence-corrected chi connectivity index (χ2v) is 4.22. The number of halogens is 4. The van der Waals surface area contributed by atoms with Crippen LogP contribution in [0.15, 0.2) is 23.6 Å². The highest BCUT2D eigenvalue weighted by atomic mass is 32.1. The minimum Gasteiger partial charge on any atom is -0.296 e. The van der Waals surface area contributed by atoms with Crippen LogP contribution in [0.5, 0.6) is 0 Å². The topological polar surface area (TPSA) is 30.0 Å². The Bertz CT molecular complexity index is 591. The SMILES string of the molecule is O=Cc1csc(-c2cccc(C(F)(F)F)c2F)n1. The van der Waals surface area contributed by atoms with Crippen molar-refractivity contribution in [3.05, 3.63) is 40.7 Å². The van der Waals surface area contributed by atoms with Crippen molar-refractivity contribution in [1.29, 1.82) is 0 Å². The summed E-state index contributed by atoms with van der Waals surface area (Å²) in [6.45, 7) is 0. The Morgan fingerprint density at radius 2 is 2.00 bits per heavy atom. The van der Waals surface area contributed by atoms with E-state index in [1.807, 2.05) is 0 Å². The van der Waals surface area contributed by atoms with E-state index in [1.165, 1.54) is 11.4 Å². The zero-order valence-electron chi connectivity index (χ0n) is 8.66. The van der Waals surface area contributed by atoms with Crippen molar-refractivity contribution in [3.63, 3.8) is 0 Å². The van der Waals surface area contributed by atoms with E-state index in [9.17, 15) is 22.4 Å². The van der Waals surface area contributed by atoms with Crippen LogP contribution >= 0.6 is 11.3 Å². The van der Waals surface area contributed by atoms with Crippen LogP contribution in [0.1, 0.15) is 16.1 Å². The van der Waals surface area contributed by atoms with E-state index >= 15 is 0 Å². The first-order chi connectivity index (χ1) is 8.43. The van der Waals surface area contributed by atoms with Crippen molar-refractivity contribution in [2.45, 2.75) is 6.18 Å². The first-order valence-electron chi connectivity index (χ1n) is 4.70. The second kappa shape index (κ2) is 4.49. The fourth-order valence-electron chi connectivity index (χ4n) is 1.38. The summed E-state index contributed by atoms with van der Waals surface area (Å²) < 4.78 is 51.2. The quantitative estimate of drug-likeness (QED) is 0.616. The molecule has 2 aromatic rings. The Balaban J connectivity index is 2.55. The van der Waals surface area contributed by atoms with Gasteiger partial charge in [0.05, 0.1) is 5.56 Å². The molecule has 2 nitrogen and oxygen atoms in total. The Kier molecular flexibility index (Phi) is 3.16. The molecule has 0 radical (unpaired) electrons. The monoisotopic (exact) mass is 275 g/mol. The van der Waals surface area contributed by atoms with Gasteiger partial charge in [-0.25, -0.2) is 9.37 Å². The molecular formula is C11H5F4NOS. The molecule has 0 aliphatic heterocycles. The van der Waals surface area contributed by atoms with Crippen LogP contribution < -0.4 is 0 Å². The van der Waals surface area contributed by atoms with Gasteiger partial charge in [0, 0.05) is 10.9 Å². The van der Waals surface area contributed by atoms with E-state index in [0.29, 0.717) is 12.4 Å². The number of carbonyl (C=O) groups is 1. The van der Waals surface area contributed by atoms with Gasteiger partial charge in [-0.1, -0.05) is 6.07 Å². The highest BCUT2D eigenvalue weighted by Gasteiger charge is 2.35. The van der Waals surface area contributed by atoms with E-state index in [0.717, 1.165) is 17.4 Å². The van der Waals surface area contributed by atoms with E-state index in [2.05, 4.69) is 4.98 Å². The number of aldehydes is 1. The minimum absolute atomic E-state index is 0.0423. The minimum atomic E-state index is -4.76. The molecule has 2 rings (SSSR count). The van der Waals surface area contributed by atoms with Gasteiger partial charge in [0.2, 0.25) is 0 Å². The van der Waals surface area contributed by atoms with Crippen LogP contribution in [0.3, 0.4) is 0 Å². The summed E-state index contributed by atoms with van der Waals surface area (Å²) in [6.07, 6.45) is -4.31. The molecule has 0 saturated heterocycles. The maximum Gasteiger partial charge on any atom is 0.419 e. The Labute approximate surface area is 103 Å². The number of carbonyl (C=O) groups excluding carboxylic acids is 1. The van der Waals surface area contributed by atoms with Crippen LogP contribution in [-0.2, 0) is 6.18 Å². The number of aromatic nitrogens is 1. The molecule has 94 valence electrons. The molecule has 0 fully saturated rings. The fraction of sp³-hybridized carbons (Fsp3) is 0.0909. The number of alkyl halides is 3. The third kappa shape index (κ3) is 2.26. The van der Waals surface area contributed by atoms with Gasteiger partial charge in [-0.15, -0.1) is 11.3 Å². The van der Waals surface area contributed by atoms with Crippen molar-refractivity contribution >= 4 is 17.6 Å². The summed E-state index contributed by atoms with van der Waals surface area (Å²) in [5, 5.41) is 1.39. The molecule has 0 aliphatic rings. The van der Waals surface area contributed by atoms with E-state index in [4.69, 9.17) is 0 Å². The molecule has 18 heavy (non-hydrogen) atoms. The van der Waals surface area contributed by atoms with Gasteiger partial charge in [-0.05, 0) is 12.1 Å². The number of benzene rings is 1. The summed E-state index contributed by atoms with van der Waals surface area (Å²) in [6, 6.07) is 2.95. The van der Waals surface area contributed by atoms with Crippen LogP contribution in [-0.4, -0.2) is 11.3 Å². The molecule has 0 saturated carbocycles. The Morgan fingerprint density at radius 3 is 2.56 bits per heavy atom. The smallest absolute Gasteiger partial charge is 0.296 e. The normalized spacial score (nSPS) is 11.6. The van der Waals surface area contributed by atoms with Crippen LogP contribution in [0, 0.1) is 5.82 Å². The first kappa shape index (κ1) is 12.7. The van der Waals surface area contributed by atoms with E-state index in [1.54, 1.807) is 0 Å². The van der Waals surface area contributed by atoms with Gasteiger partial charge in [0.1, 0.15) is 16.5 Å². The lowest BCUT2D eigenvalue weighted by Gasteiger charge is -2.09. The van der Waals surface area contributed by atoms with E-state index in [-0.39, 0.29) is 16.3 Å². The molecule has 0 aliphatic carbocycles. The lowest BCUT2D eigenvalue weighted by atomic mass is 10.1. The Morgan fingerprint density at radius 1 is 1.28 bits per heavy atom. The van der Waals surface area contributed by atoms with Crippen molar-refractivity contribution in [3.8, 4) is 10.6 Å². The second-order valence-electron chi connectivity index (χ2n) is 3.36. The molecule has 0 unspecified atom stereocenters. The highest BCUT2D eigenvalue weighted by Crippen LogP contribution is 2.36. The lowest BCUT2D eigenvalue weighted by Crippen LogP contribution is -2.08. The Hall–Kier alpha value is -1.76. The lowest BCUT2D eigenvalue weighted by molar-refractivity contribution is -0.139.